The molecule has 13 heavy (non-hydrogen) atoms. The van der Waals surface area contributed by atoms with E-state index >= 15 is 0 Å². The maximum Gasteiger partial charge on any atom is 0.0340 e. The van der Waals surface area contributed by atoms with Crippen LogP contribution in [0.1, 0.15) is 6.92 Å². The van der Waals surface area contributed by atoms with Gasteiger partial charge in [-0.3, -0.25) is 0 Å². The van der Waals surface area contributed by atoms with Crippen LogP contribution < -0.4 is 10.6 Å². The summed E-state index contributed by atoms with van der Waals surface area (Å²) in [6.45, 7) is 4.30. The minimum Gasteiger partial charge on any atom is -0.385 e. The van der Waals surface area contributed by atoms with Crippen molar-refractivity contribution in [2.45, 2.75) is 6.92 Å². The fourth-order valence-corrected chi connectivity index (χ4v) is 1.27. The first-order chi connectivity index (χ1) is 6.33. The lowest BCUT2D eigenvalue weighted by molar-refractivity contribution is 0.569. The summed E-state index contributed by atoms with van der Waals surface area (Å²) in [5.74, 6) is 0.658. The lowest BCUT2D eigenvalue weighted by atomic mass is 10.2. The molecule has 0 heterocycles. The molecule has 72 valence electrons. The zero-order valence-corrected chi connectivity index (χ0v) is 8.38. The lowest BCUT2D eigenvalue weighted by Gasteiger charge is -2.12. The molecule has 0 saturated carbocycles. The van der Waals surface area contributed by atoms with Crippen LogP contribution >= 0.6 is 0 Å². The number of rotatable bonds is 5. The van der Waals surface area contributed by atoms with Crippen molar-refractivity contribution in [3.63, 3.8) is 0 Å². The highest BCUT2D eigenvalue weighted by Crippen LogP contribution is 2.05. The highest BCUT2D eigenvalue weighted by Gasteiger charge is 1.98. The van der Waals surface area contributed by atoms with Crippen molar-refractivity contribution in [2.75, 3.05) is 25.5 Å². The standard InChI is InChI=1S/C11H18N2/c1-10(8-12-2)9-13-11-6-4-3-5-7-11/h3-7,10,12-13H,8-9H2,1-2H3. The molecule has 1 rings (SSSR count). The Morgan fingerprint density at radius 3 is 2.46 bits per heavy atom. The van der Waals surface area contributed by atoms with Gasteiger partial charge in [0.2, 0.25) is 0 Å². The normalized spacial score (nSPS) is 12.5. The Bertz CT molecular complexity index is 221. The predicted molar refractivity (Wildman–Crippen MR) is 58.0 cm³/mol. The quantitative estimate of drug-likeness (QED) is 0.720. The molecule has 2 nitrogen and oxygen atoms in total. The van der Waals surface area contributed by atoms with E-state index in [0.717, 1.165) is 13.1 Å². The van der Waals surface area contributed by atoms with Crippen LogP contribution in [0.25, 0.3) is 0 Å². The maximum absolute atomic E-state index is 3.39. The van der Waals surface area contributed by atoms with Crippen LogP contribution in [0.4, 0.5) is 5.69 Å². The van der Waals surface area contributed by atoms with Gasteiger partial charge in [-0.15, -0.1) is 0 Å². The highest BCUT2D eigenvalue weighted by molar-refractivity contribution is 5.42. The van der Waals surface area contributed by atoms with Crippen LogP contribution in [0.2, 0.25) is 0 Å². The summed E-state index contributed by atoms with van der Waals surface area (Å²) >= 11 is 0. The SMILES string of the molecule is CNCC(C)CNc1ccccc1. The van der Waals surface area contributed by atoms with E-state index in [0.29, 0.717) is 5.92 Å². The van der Waals surface area contributed by atoms with Crippen molar-refractivity contribution in [3.8, 4) is 0 Å². The van der Waals surface area contributed by atoms with E-state index in [9.17, 15) is 0 Å². The second kappa shape index (κ2) is 5.60. The molecular formula is C11H18N2. The summed E-state index contributed by atoms with van der Waals surface area (Å²) in [6, 6.07) is 10.3. The van der Waals surface area contributed by atoms with E-state index in [1.165, 1.54) is 5.69 Å². The molecule has 2 heteroatoms. The zero-order valence-electron chi connectivity index (χ0n) is 8.38. The van der Waals surface area contributed by atoms with E-state index in [2.05, 4.69) is 29.7 Å². The molecule has 0 fully saturated rings. The maximum atomic E-state index is 3.39. The van der Waals surface area contributed by atoms with Crippen molar-refractivity contribution in [3.05, 3.63) is 30.3 Å². The molecule has 0 aliphatic rings. The van der Waals surface area contributed by atoms with E-state index in [4.69, 9.17) is 0 Å². The Hall–Kier alpha value is -1.02. The average Bonchev–Trinajstić information content (AvgIpc) is 2.17. The summed E-state index contributed by atoms with van der Waals surface area (Å²) in [5.41, 5.74) is 1.20. The first kappa shape index (κ1) is 10.1. The van der Waals surface area contributed by atoms with Crippen molar-refractivity contribution in [1.82, 2.24) is 5.32 Å². The van der Waals surface area contributed by atoms with Crippen molar-refractivity contribution >= 4 is 5.69 Å². The van der Waals surface area contributed by atoms with Crippen molar-refractivity contribution in [2.24, 2.45) is 5.92 Å². The topological polar surface area (TPSA) is 24.1 Å². The van der Waals surface area contributed by atoms with Gasteiger partial charge in [0.25, 0.3) is 0 Å². The Labute approximate surface area is 80.4 Å². The monoisotopic (exact) mass is 178 g/mol. The third kappa shape index (κ3) is 3.95. The number of anilines is 1. The number of para-hydroxylation sites is 1. The lowest BCUT2D eigenvalue weighted by Crippen LogP contribution is -2.22. The van der Waals surface area contributed by atoms with Gasteiger partial charge in [-0.05, 0) is 31.6 Å². The van der Waals surface area contributed by atoms with Crippen LogP contribution in [0, 0.1) is 5.92 Å². The third-order valence-electron chi connectivity index (χ3n) is 1.98. The largest absolute Gasteiger partial charge is 0.385 e. The summed E-state index contributed by atoms with van der Waals surface area (Å²) in [5, 5.41) is 6.55. The van der Waals surface area contributed by atoms with E-state index in [1.807, 2.05) is 25.2 Å². The number of nitrogens with one attached hydrogen (secondary N) is 2. The van der Waals surface area contributed by atoms with Gasteiger partial charge in [0.15, 0.2) is 0 Å². The van der Waals surface area contributed by atoms with Gasteiger partial charge in [-0.25, -0.2) is 0 Å². The first-order valence-corrected chi connectivity index (χ1v) is 4.76. The number of hydrogen-bond acceptors (Lipinski definition) is 2. The van der Waals surface area contributed by atoms with Gasteiger partial charge in [-0.1, -0.05) is 25.1 Å². The van der Waals surface area contributed by atoms with Gasteiger partial charge in [-0.2, -0.15) is 0 Å². The Morgan fingerprint density at radius 2 is 1.85 bits per heavy atom. The van der Waals surface area contributed by atoms with Crippen LogP contribution in [-0.2, 0) is 0 Å². The minimum absolute atomic E-state index is 0.658. The molecule has 0 bridgehead atoms. The number of hydrogen-bond donors (Lipinski definition) is 2. The smallest absolute Gasteiger partial charge is 0.0340 e. The summed E-state index contributed by atoms with van der Waals surface area (Å²) in [7, 11) is 1.99. The highest BCUT2D eigenvalue weighted by atomic mass is 14.9. The first-order valence-electron chi connectivity index (χ1n) is 4.76. The molecule has 1 atom stereocenters. The predicted octanol–water partition coefficient (Wildman–Crippen LogP) is 1.95. The van der Waals surface area contributed by atoms with Gasteiger partial charge in [0.1, 0.15) is 0 Å². The van der Waals surface area contributed by atoms with Crippen molar-refractivity contribution < 1.29 is 0 Å². The van der Waals surface area contributed by atoms with Crippen LogP contribution in [0.15, 0.2) is 30.3 Å². The van der Waals surface area contributed by atoms with Crippen LogP contribution in [0.5, 0.6) is 0 Å². The summed E-state index contributed by atoms with van der Waals surface area (Å²) < 4.78 is 0. The van der Waals surface area contributed by atoms with Crippen LogP contribution in [0.3, 0.4) is 0 Å². The molecule has 0 radical (unpaired) electrons. The summed E-state index contributed by atoms with van der Waals surface area (Å²) in [6.07, 6.45) is 0. The molecule has 0 aliphatic carbocycles. The molecule has 2 N–H and O–H groups in total. The molecule has 1 aromatic carbocycles. The van der Waals surface area contributed by atoms with Crippen molar-refractivity contribution in [1.29, 1.82) is 0 Å². The van der Waals surface area contributed by atoms with Gasteiger partial charge < -0.3 is 10.6 Å². The molecule has 0 spiro atoms. The second-order valence-electron chi connectivity index (χ2n) is 3.41. The third-order valence-corrected chi connectivity index (χ3v) is 1.98. The molecular weight excluding hydrogens is 160 g/mol. The Kier molecular flexibility index (Phi) is 4.33. The summed E-state index contributed by atoms with van der Waals surface area (Å²) in [4.78, 5) is 0. The Balaban J connectivity index is 2.27. The fourth-order valence-electron chi connectivity index (χ4n) is 1.27. The average molecular weight is 178 g/mol. The molecule has 0 aromatic heterocycles. The molecule has 0 amide bonds. The van der Waals surface area contributed by atoms with E-state index < -0.39 is 0 Å². The molecule has 0 aliphatic heterocycles. The number of benzene rings is 1. The van der Waals surface area contributed by atoms with Gasteiger partial charge in [0.05, 0.1) is 0 Å². The fraction of sp³-hybridized carbons (Fsp3) is 0.455. The molecule has 1 aromatic rings. The van der Waals surface area contributed by atoms with E-state index in [-0.39, 0.29) is 0 Å². The van der Waals surface area contributed by atoms with Gasteiger partial charge >= 0.3 is 0 Å². The second-order valence-corrected chi connectivity index (χ2v) is 3.41. The van der Waals surface area contributed by atoms with E-state index in [1.54, 1.807) is 0 Å². The van der Waals surface area contributed by atoms with Gasteiger partial charge in [0, 0.05) is 12.2 Å². The van der Waals surface area contributed by atoms with Crippen LogP contribution in [-0.4, -0.2) is 20.1 Å². The Morgan fingerprint density at radius 1 is 1.15 bits per heavy atom. The molecule has 0 saturated heterocycles. The minimum atomic E-state index is 0.658. The molecule has 1 unspecified atom stereocenters. The zero-order chi connectivity index (χ0) is 9.52.